The van der Waals surface area contributed by atoms with Gasteiger partial charge in [-0.05, 0) is 18.2 Å². The summed E-state index contributed by atoms with van der Waals surface area (Å²) < 4.78 is 13.1. The van der Waals surface area contributed by atoms with Crippen molar-refractivity contribution in [1.29, 1.82) is 0 Å². The summed E-state index contributed by atoms with van der Waals surface area (Å²) >= 11 is 1.47. The predicted molar refractivity (Wildman–Crippen MR) is 78.9 cm³/mol. The molecule has 0 atom stereocenters. The fraction of sp³-hybridized carbons (Fsp3) is 0.357. The average molecular weight is 292 g/mol. The second-order valence-electron chi connectivity index (χ2n) is 5.43. The van der Waals surface area contributed by atoms with E-state index in [1.54, 1.807) is 6.07 Å². The first-order chi connectivity index (χ1) is 9.34. The van der Waals surface area contributed by atoms with Gasteiger partial charge in [0.15, 0.2) is 0 Å². The number of anilines is 1. The maximum absolute atomic E-state index is 13.1. The molecule has 0 unspecified atom stereocenters. The van der Waals surface area contributed by atoms with Gasteiger partial charge in [-0.25, -0.2) is 9.37 Å². The Morgan fingerprint density at radius 3 is 2.60 bits per heavy atom. The Labute approximate surface area is 122 Å². The van der Waals surface area contributed by atoms with Gasteiger partial charge in [0, 0.05) is 10.3 Å². The summed E-state index contributed by atoms with van der Waals surface area (Å²) in [6.07, 6.45) is 0. The highest BCUT2D eigenvalue weighted by Gasteiger charge is 2.19. The number of benzene rings is 1. The molecule has 0 radical (unpaired) electrons. The third-order valence-electron chi connectivity index (χ3n) is 2.53. The van der Waals surface area contributed by atoms with Crippen LogP contribution in [-0.2, 0) is 11.2 Å². The van der Waals surface area contributed by atoms with Gasteiger partial charge < -0.3 is 5.73 Å². The summed E-state index contributed by atoms with van der Waals surface area (Å²) in [5.74, 6) is 1.77. The minimum absolute atomic E-state index is 0.185. The van der Waals surface area contributed by atoms with Crippen molar-refractivity contribution in [1.82, 2.24) is 15.0 Å². The van der Waals surface area contributed by atoms with E-state index in [0.29, 0.717) is 17.4 Å². The SMILES string of the molecule is CC(C)(C)c1nc(N)nc(CSc2cccc(F)c2)n1. The topological polar surface area (TPSA) is 64.7 Å². The highest BCUT2D eigenvalue weighted by atomic mass is 32.2. The van der Waals surface area contributed by atoms with Crippen molar-refractivity contribution in [3.63, 3.8) is 0 Å². The molecular formula is C14H17FN4S. The van der Waals surface area contributed by atoms with Crippen molar-refractivity contribution in [3.8, 4) is 0 Å². The first-order valence-electron chi connectivity index (χ1n) is 6.24. The molecule has 0 aliphatic rings. The zero-order valence-electron chi connectivity index (χ0n) is 11.7. The largest absolute Gasteiger partial charge is 0.368 e. The van der Waals surface area contributed by atoms with Crippen LogP contribution < -0.4 is 5.73 Å². The summed E-state index contributed by atoms with van der Waals surface area (Å²) in [5.41, 5.74) is 5.53. The van der Waals surface area contributed by atoms with Gasteiger partial charge in [-0.2, -0.15) is 9.97 Å². The summed E-state index contributed by atoms with van der Waals surface area (Å²) in [6.45, 7) is 6.06. The summed E-state index contributed by atoms with van der Waals surface area (Å²) in [5, 5.41) is 0. The van der Waals surface area contributed by atoms with E-state index in [9.17, 15) is 4.39 Å². The van der Waals surface area contributed by atoms with E-state index in [-0.39, 0.29) is 17.2 Å². The quantitative estimate of drug-likeness (QED) is 0.880. The van der Waals surface area contributed by atoms with Crippen LogP contribution in [0.1, 0.15) is 32.4 Å². The van der Waals surface area contributed by atoms with E-state index in [1.807, 2.05) is 26.8 Å². The molecule has 0 fully saturated rings. The molecule has 0 aliphatic carbocycles. The monoisotopic (exact) mass is 292 g/mol. The lowest BCUT2D eigenvalue weighted by Crippen LogP contribution is -2.19. The standard InChI is InChI=1S/C14H17FN4S/c1-14(2,3)12-17-11(18-13(16)19-12)8-20-10-6-4-5-9(15)7-10/h4-7H,8H2,1-3H3,(H2,16,17,18,19). The Hall–Kier alpha value is -1.69. The second-order valence-corrected chi connectivity index (χ2v) is 6.48. The lowest BCUT2D eigenvalue weighted by molar-refractivity contribution is 0.539. The molecule has 2 aromatic rings. The molecule has 1 aromatic carbocycles. The highest BCUT2D eigenvalue weighted by Crippen LogP contribution is 2.24. The molecule has 6 heteroatoms. The van der Waals surface area contributed by atoms with Crippen LogP contribution in [-0.4, -0.2) is 15.0 Å². The number of hydrogen-bond acceptors (Lipinski definition) is 5. The molecule has 0 saturated carbocycles. The van der Waals surface area contributed by atoms with Crippen LogP contribution in [0.3, 0.4) is 0 Å². The zero-order chi connectivity index (χ0) is 14.8. The number of halogens is 1. The van der Waals surface area contributed by atoms with Crippen molar-refractivity contribution in [3.05, 3.63) is 41.7 Å². The Morgan fingerprint density at radius 1 is 1.20 bits per heavy atom. The number of rotatable bonds is 3. The Kier molecular flexibility index (Phi) is 4.23. The molecule has 20 heavy (non-hydrogen) atoms. The third-order valence-corrected chi connectivity index (χ3v) is 3.52. The number of nitrogens with two attached hydrogens (primary N) is 1. The average Bonchev–Trinajstić information content (AvgIpc) is 2.35. The van der Waals surface area contributed by atoms with Gasteiger partial charge in [0.25, 0.3) is 0 Å². The number of hydrogen-bond donors (Lipinski definition) is 1. The molecule has 0 bridgehead atoms. The molecule has 1 aromatic heterocycles. The fourth-order valence-electron chi connectivity index (χ4n) is 1.54. The van der Waals surface area contributed by atoms with Crippen LogP contribution in [0, 0.1) is 5.82 Å². The van der Waals surface area contributed by atoms with E-state index in [4.69, 9.17) is 5.73 Å². The summed E-state index contributed by atoms with van der Waals surface area (Å²) in [4.78, 5) is 13.5. The molecule has 0 aliphatic heterocycles. The smallest absolute Gasteiger partial charge is 0.223 e. The van der Waals surface area contributed by atoms with Gasteiger partial charge in [-0.1, -0.05) is 26.8 Å². The third kappa shape index (κ3) is 3.90. The van der Waals surface area contributed by atoms with Crippen LogP contribution in [0.15, 0.2) is 29.2 Å². The Morgan fingerprint density at radius 2 is 1.95 bits per heavy atom. The lowest BCUT2D eigenvalue weighted by atomic mass is 9.96. The van der Waals surface area contributed by atoms with Gasteiger partial charge in [-0.15, -0.1) is 11.8 Å². The first-order valence-corrected chi connectivity index (χ1v) is 7.22. The number of nitrogen functional groups attached to an aromatic ring is 1. The number of nitrogens with zero attached hydrogens (tertiary/aromatic N) is 3. The van der Waals surface area contributed by atoms with Crippen LogP contribution in [0.25, 0.3) is 0 Å². The van der Waals surface area contributed by atoms with Gasteiger partial charge in [-0.3, -0.25) is 0 Å². The van der Waals surface area contributed by atoms with Crippen LogP contribution >= 0.6 is 11.8 Å². The summed E-state index contributed by atoms with van der Waals surface area (Å²) in [7, 11) is 0. The van der Waals surface area contributed by atoms with Crippen molar-refractivity contribution in [2.24, 2.45) is 0 Å². The number of thioether (sulfide) groups is 1. The maximum Gasteiger partial charge on any atom is 0.223 e. The molecule has 0 amide bonds. The van der Waals surface area contributed by atoms with Crippen molar-refractivity contribution >= 4 is 17.7 Å². The van der Waals surface area contributed by atoms with Crippen LogP contribution in [0.4, 0.5) is 10.3 Å². The van der Waals surface area contributed by atoms with Gasteiger partial charge in [0.05, 0.1) is 5.75 Å². The fourth-order valence-corrected chi connectivity index (χ4v) is 2.34. The summed E-state index contributed by atoms with van der Waals surface area (Å²) in [6, 6.07) is 6.44. The maximum atomic E-state index is 13.1. The Bertz CT molecular complexity index is 610. The molecule has 2 rings (SSSR count). The Balaban J connectivity index is 2.16. The molecular weight excluding hydrogens is 275 g/mol. The minimum Gasteiger partial charge on any atom is -0.368 e. The van der Waals surface area contributed by atoms with E-state index in [0.717, 1.165) is 4.90 Å². The van der Waals surface area contributed by atoms with Gasteiger partial charge in [0.1, 0.15) is 17.5 Å². The first kappa shape index (κ1) is 14.7. The van der Waals surface area contributed by atoms with Crippen molar-refractivity contribution < 1.29 is 4.39 Å². The van der Waals surface area contributed by atoms with Crippen LogP contribution in [0.2, 0.25) is 0 Å². The van der Waals surface area contributed by atoms with E-state index in [2.05, 4.69) is 15.0 Å². The molecule has 2 N–H and O–H groups in total. The second kappa shape index (κ2) is 5.75. The molecule has 0 saturated heterocycles. The van der Waals surface area contributed by atoms with Gasteiger partial charge >= 0.3 is 0 Å². The van der Waals surface area contributed by atoms with E-state index < -0.39 is 0 Å². The lowest BCUT2D eigenvalue weighted by Gasteiger charge is -2.17. The van der Waals surface area contributed by atoms with E-state index in [1.165, 1.54) is 23.9 Å². The van der Waals surface area contributed by atoms with Crippen molar-refractivity contribution in [2.45, 2.75) is 36.8 Å². The minimum atomic E-state index is -0.249. The normalized spacial score (nSPS) is 11.6. The predicted octanol–water partition coefficient (Wildman–Crippen LogP) is 3.18. The zero-order valence-corrected chi connectivity index (χ0v) is 12.5. The molecule has 1 heterocycles. The van der Waals surface area contributed by atoms with Crippen molar-refractivity contribution in [2.75, 3.05) is 5.73 Å². The van der Waals surface area contributed by atoms with E-state index >= 15 is 0 Å². The highest BCUT2D eigenvalue weighted by molar-refractivity contribution is 7.98. The number of aromatic nitrogens is 3. The molecule has 4 nitrogen and oxygen atoms in total. The van der Waals surface area contributed by atoms with Crippen LogP contribution in [0.5, 0.6) is 0 Å². The molecule has 106 valence electrons. The molecule has 0 spiro atoms. The van der Waals surface area contributed by atoms with Gasteiger partial charge in [0.2, 0.25) is 5.95 Å².